The van der Waals surface area contributed by atoms with Crippen LogP contribution in [0.2, 0.25) is 0 Å². The van der Waals surface area contributed by atoms with Crippen molar-refractivity contribution in [2.24, 2.45) is 0 Å². The molecule has 0 aliphatic heterocycles. The normalized spacial score (nSPS) is 10.6. The molecule has 4 rings (SSSR count). The zero-order valence-corrected chi connectivity index (χ0v) is 17.0. The average Bonchev–Trinajstić information content (AvgIpc) is 3.23. The molecule has 0 atom stereocenters. The largest absolute Gasteiger partial charge is 0.455 e. The third kappa shape index (κ3) is 5.17. The van der Waals surface area contributed by atoms with Gasteiger partial charge in [0.2, 0.25) is 5.91 Å². The molecule has 31 heavy (non-hydrogen) atoms. The SMILES string of the molecule is Cc1cccc(Oc2ccccc2NC(=O)CCc2ncc(-c3ccccc3F)o2)c1. The summed E-state index contributed by atoms with van der Waals surface area (Å²) in [5.41, 5.74) is 2.00. The lowest BCUT2D eigenvalue weighted by molar-refractivity contribution is -0.116. The molecular weight excluding hydrogens is 395 g/mol. The molecule has 1 amide bonds. The summed E-state index contributed by atoms with van der Waals surface area (Å²) in [6.45, 7) is 1.99. The Balaban J connectivity index is 1.38. The number of carbonyl (C=O) groups is 1. The predicted molar refractivity (Wildman–Crippen MR) is 117 cm³/mol. The van der Waals surface area contributed by atoms with E-state index in [1.807, 2.05) is 43.3 Å². The van der Waals surface area contributed by atoms with Gasteiger partial charge in [-0.25, -0.2) is 9.37 Å². The number of hydrogen-bond acceptors (Lipinski definition) is 4. The number of aromatic nitrogens is 1. The fourth-order valence-corrected chi connectivity index (χ4v) is 3.11. The number of rotatable bonds is 7. The molecule has 0 saturated heterocycles. The van der Waals surface area contributed by atoms with Crippen LogP contribution in [0, 0.1) is 12.7 Å². The molecule has 0 bridgehead atoms. The van der Waals surface area contributed by atoms with E-state index < -0.39 is 0 Å². The highest BCUT2D eigenvalue weighted by atomic mass is 19.1. The lowest BCUT2D eigenvalue weighted by atomic mass is 10.2. The van der Waals surface area contributed by atoms with Crippen molar-refractivity contribution in [1.82, 2.24) is 4.98 Å². The van der Waals surface area contributed by atoms with Gasteiger partial charge >= 0.3 is 0 Å². The summed E-state index contributed by atoms with van der Waals surface area (Å²) in [5, 5.41) is 2.87. The molecule has 4 aromatic rings. The number of nitrogens with zero attached hydrogens (tertiary/aromatic N) is 1. The van der Waals surface area contributed by atoms with Gasteiger partial charge in [-0.05, 0) is 48.9 Å². The van der Waals surface area contributed by atoms with Crippen molar-refractivity contribution in [3.63, 3.8) is 0 Å². The van der Waals surface area contributed by atoms with Crippen LogP contribution in [-0.4, -0.2) is 10.9 Å². The minimum absolute atomic E-state index is 0.163. The van der Waals surface area contributed by atoms with Crippen molar-refractivity contribution >= 4 is 11.6 Å². The van der Waals surface area contributed by atoms with Gasteiger partial charge in [0.1, 0.15) is 11.6 Å². The molecule has 3 aromatic carbocycles. The van der Waals surface area contributed by atoms with Crippen LogP contribution >= 0.6 is 0 Å². The Bertz CT molecular complexity index is 1200. The van der Waals surface area contributed by atoms with E-state index in [4.69, 9.17) is 9.15 Å². The molecule has 6 heteroatoms. The molecule has 0 aliphatic carbocycles. The van der Waals surface area contributed by atoms with Gasteiger partial charge in [0, 0.05) is 12.8 Å². The Morgan fingerprint density at radius 2 is 1.87 bits per heavy atom. The van der Waals surface area contributed by atoms with Gasteiger partial charge in [-0.15, -0.1) is 0 Å². The maximum absolute atomic E-state index is 13.9. The fraction of sp³-hybridized carbons (Fsp3) is 0.120. The molecule has 0 unspecified atom stereocenters. The first-order chi connectivity index (χ1) is 15.1. The van der Waals surface area contributed by atoms with Crippen LogP contribution in [0.25, 0.3) is 11.3 Å². The standard InChI is InChI=1S/C25H21FN2O3/c1-17-7-6-8-18(15-17)30-22-12-5-4-11-21(22)28-24(29)13-14-25-27-16-23(31-25)19-9-2-3-10-20(19)26/h2-12,15-16H,13-14H2,1H3,(H,28,29). The number of ether oxygens (including phenoxy) is 1. The topological polar surface area (TPSA) is 64.4 Å². The highest BCUT2D eigenvalue weighted by molar-refractivity contribution is 5.92. The zero-order valence-electron chi connectivity index (χ0n) is 17.0. The zero-order chi connectivity index (χ0) is 21.6. The molecule has 156 valence electrons. The maximum atomic E-state index is 13.9. The van der Waals surface area contributed by atoms with Gasteiger partial charge in [-0.1, -0.05) is 36.4 Å². The van der Waals surface area contributed by atoms with E-state index in [1.165, 1.54) is 12.3 Å². The molecule has 1 heterocycles. The minimum Gasteiger partial charge on any atom is -0.455 e. The van der Waals surface area contributed by atoms with Crippen molar-refractivity contribution < 1.29 is 18.3 Å². The third-order valence-electron chi connectivity index (χ3n) is 4.64. The van der Waals surface area contributed by atoms with E-state index in [0.717, 1.165) is 5.56 Å². The summed E-state index contributed by atoms with van der Waals surface area (Å²) in [4.78, 5) is 16.6. The number of hydrogen-bond donors (Lipinski definition) is 1. The quantitative estimate of drug-likeness (QED) is 0.392. The first-order valence-electron chi connectivity index (χ1n) is 9.91. The number of halogens is 1. The molecule has 0 saturated carbocycles. The van der Waals surface area contributed by atoms with Crippen molar-refractivity contribution in [2.45, 2.75) is 19.8 Å². The molecular formula is C25H21FN2O3. The van der Waals surface area contributed by atoms with E-state index >= 15 is 0 Å². The van der Waals surface area contributed by atoms with Crippen molar-refractivity contribution in [2.75, 3.05) is 5.32 Å². The van der Waals surface area contributed by atoms with E-state index in [9.17, 15) is 9.18 Å². The monoisotopic (exact) mass is 416 g/mol. The molecule has 0 spiro atoms. The minimum atomic E-state index is -0.381. The molecule has 0 fully saturated rings. The number of carbonyl (C=O) groups excluding carboxylic acids is 1. The van der Waals surface area contributed by atoms with Crippen LogP contribution in [0.4, 0.5) is 10.1 Å². The van der Waals surface area contributed by atoms with Crippen molar-refractivity contribution in [1.29, 1.82) is 0 Å². The second kappa shape index (κ2) is 9.26. The smallest absolute Gasteiger partial charge is 0.224 e. The van der Waals surface area contributed by atoms with Crippen LogP contribution in [0.1, 0.15) is 17.9 Å². The summed E-state index contributed by atoms with van der Waals surface area (Å²) in [7, 11) is 0. The highest BCUT2D eigenvalue weighted by Gasteiger charge is 2.13. The number of para-hydroxylation sites is 2. The predicted octanol–water partition coefficient (Wildman–Crippen LogP) is 6.15. The number of oxazole rings is 1. The van der Waals surface area contributed by atoms with Gasteiger partial charge in [-0.3, -0.25) is 4.79 Å². The first kappa shape index (κ1) is 20.3. The lowest BCUT2D eigenvalue weighted by Gasteiger charge is -2.12. The average molecular weight is 416 g/mol. The van der Waals surface area contributed by atoms with Gasteiger partial charge in [0.05, 0.1) is 17.4 Å². The van der Waals surface area contributed by atoms with Gasteiger partial charge < -0.3 is 14.5 Å². The number of benzene rings is 3. The van der Waals surface area contributed by atoms with E-state index in [2.05, 4.69) is 10.3 Å². The maximum Gasteiger partial charge on any atom is 0.224 e. The highest BCUT2D eigenvalue weighted by Crippen LogP contribution is 2.30. The Hall–Kier alpha value is -3.93. The number of anilines is 1. The Morgan fingerprint density at radius 3 is 2.71 bits per heavy atom. The van der Waals surface area contributed by atoms with Crippen LogP contribution in [0.15, 0.2) is 83.4 Å². The van der Waals surface area contributed by atoms with Crippen LogP contribution in [0.3, 0.4) is 0 Å². The van der Waals surface area contributed by atoms with Crippen LogP contribution in [0.5, 0.6) is 11.5 Å². The lowest BCUT2D eigenvalue weighted by Crippen LogP contribution is -2.13. The van der Waals surface area contributed by atoms with E-state index in [-0.39, 0.29) is 18.1 Å². The van der Waals surface area contributed by atoms with Crippen molar-refractivity contribution in [3.05, 3.63) is 96.3 Å². The Labute approximate surface area is 179 Å². The summed E-state index contributed by atoms with van der Waals surface area (Å²) < 4.78 is 25.4. The molecule has 0 aliphatic rings. The molecule has 1 aromatic heterocycles. The van der Waals surface area contributed by atoms with Crippen molar-refractivity contribution in [3.8, 4) is 22.8 Å². The summed E-state index contributed by atoms with van der Waals surface area (Å²) in [6.07, 6.45) is 1.92. The molecule has 0 radical (unpaired) electrons. The second-order valence-corrected chi connectivity index (χ2v) is 7.06. The summed E-state index contributed by atoms with van der Waals surface area (Å²) in [5.74, 6) is 1.38. The first-order valence-corrected chi connectivity index (χ1v) is 9.91. The number of aryl methyl sites for hydroxylation is 2. The molecule has 1 N–H and O–H groups in total. The molecule has 5 nitrogen and oxygen atoms in total. The Morgan fingerprint density at radius 1 is 1.06 bits per heavy atom. The second-order valence-electron chi connectivity index (χ2n) is 7.06. The van der Waals surface area contributed by atoms with Gasteiger partial charge in [0.15, 0.2) is 17.4 Å². The summed E-state index contributed by atoms with van der Waals surface area (Å²) in [6, 6.07) is 21.3. The van der Waals surface area contributed by atoms with Gasteiger partial charge in [0.25, 0.3) is 0 Å². The van der Waals surface area contributed by atoms with E-state index in [0.29, 0.717) is 40.8 Å². The number of amides is 1. The number of nitrogens with one attached hydrogen (secondary N) is 1. The van der Waals surface area contributed by atoms with Crippen LogP contribution in [-0.2, 0) is 11.2 Å². The third-order valence-corrected chi connectivity index (χ3v) is 4.64. The fourth-order valence-electron chi connectivity index (χ4n) is 3.11. The van der Waals surface area contributed by atoms with E-state index in [1.54, 1.807) is 30.3 Å². The van der Waals surface area contributed by atoms with Crippen LogP contribution < -0.4 is 10.1 Å². The summed E-state index contributed by atoms with van der Waals surface area (Å²) >= 11 is 0. The Kier molecular flexibility index (Phi) is 6.08. The van der Waals surface area contributed by atoms with Gasteiger partial charge in [-0.2, -0.15) is 0 Å².